The van der Waals surface area contributed by atoms with E-state index in [-0.39, 0.29) is 29.5 Å². The van der Waals surface area contributed by atoms with Crippen LogP contribution in [0.4, 0.5) is 0 Å². The highest BCUT2D eigenvalue weighted by Gasteiger charge is 2.44. The van der Waals surface area contributed by atoms with Gasteiger partial charge in [-0.05, 0) is 62.1 Å². The maximum atomic E-state index is 12.8. The number of aliphatic hydroxyl groups is 1. The summed E-state index contributed by atoms with van der Waals surface area (Å²) >= 11 is 0. The zero-order valence-electron chi connectivity index (χ0n) is 15.0. The highest BCUT2D eigenvalue weighted by Crippen LogP contribution is 2.49. The van der Waals surface area contributed by atoms with Gasteiger partial charge in [0, 0.05) is 11.8 Å². The molecule has 1 N–H and O–H groups in total. The second-order valence-corrected chi connectivity index (χ2v) is 8.07. The normalized spacial score (nSPS) is 32.7. The average molecular weight is 340 g/mol. The summed E-state index contributed by atoms with van der Waals surface area (Å²) in [6, 6.07) is 7.88. The second-order valence-electron chi connectivity index (χ2n) is 8.07. The Morgan fingerprint density at radius 2 is 2.04 bits per heavy atom. The van der Waals surface area contributed by atoms with Gasteiger partial charge in [0.2, 0.25) is 0 Å². The molecule has 3 heteroatoms. The van der Waals surface area contributed by atoms with Crippen LogP contribution in [0, 0.1) is 11.8 Å². The minimum absolute atomic E-state index is 0.190. The van der Waals surface area contributed by atoms with Crippen LogP contribution in [0.3, 0.4) is 0 Å². The van der Waals surface area contributed by atoms with Gasteiger partial charge in [0.15, 0.2) is 0 Å². The molecule has 1 aromatic carbocycles. The fraction of sp³-hybridized carbons (Fsp3) is 0.591. The lowest BCUT2D eigenvalue weighted by atomic mass is 9.82. The number of ether oxygens (including phenoxy) is 1. The quantitative estimate of drug-likeness (QED) is 0.643. The monoisotopic (exact) mass is 340 g/mol. The standard InChI is InChI=1S/C22H28O3/c1-2-22(11-4-3-5-12-22)25-21(24)17-8-6-7-15(13-17)19-14-16-9-10-18(19)20(16)23/h6-10,13,16,18-20,23H,2-5,11-12,14H2,1H3. The van der Waals surface area contributed by atoms with Gasteiger partial charge in [0.1, 0.15) is 5.60 Å². The predicted molar refractivity (Wildman–Crippen MR) is 97.4 cm³/mol. The topological polar surface area (TPSA) is 46.5 Å². The van der Waals surface area contributed by atoms with Crippen LogP contribution >= 0.6 is 0 Å². The molecule has 4 unspecified atom stereocenters. The largest absolute Gasteiger partial charge is 0.455 e. The van der Waals surface area contributed by atoms with Crippen LogP contribution in [0.2, 0.25) is 0 Å². The Balaban J connectivity index is 1.51. The Bertz CT molecular complexity index is 672. The highest BCUT2D eigenvalue weighted by molar-refractivity contribution is 5.90. The van der Waals surface area contributed by atoms with Crippen molar-refractivity contribution in [1.82, 2.24) is 0 Å². The maximum absolute atomic E-state index is 12.8. The zero-order valence-corrected chi connectivity index (χ0v) is 15.0. The molecule has 0 aliphatic heterocycles. The van der Waals surface area contributed by atoms with Crippen molar-refractivity contribution in [2.24, 2.45) is 11.8 Å². The van der Waals surface area contributed by atoms with Crippen molar-refractivity contribution in [3.63, 3.8) is 0 Å². The Morgan fingerprint density at radius 3 is 2.68 bits per heavy atom. The van der Waals surface area contributed by atoms with E-state index in [1.807, 2.05) is 18.2 Å². The molecule has 3 aliphatic carbocycles. The third-order valence-electron chi connectivity index (χ3n) is 6.67. The molecular formula is C22H28O3. The zero-order chi connectivity index (χ0) is 17.4. The van der Waals surface area contributed by atoms with E-state index in [4.69, 9.17) is 4.74 Å². The first-order valence-electron chi connectivity index (χ1n) is 9.81. The fourth-order valence-corrected chi connectivity index (χ4v) is 5.06. The lowest BCUT2D eigenvalue weighted by molar-refractivity contribution is -0.0397. The molecule has 134 valence electrons. The number of hydrogen-bond donors (Lipinski definition) is 1. The molecule has 25 heavy (non-hydrogen) atoms. The summed E-state index contributed by atoms with van der Waals surface area (Å²) in [5.41, 5.74) is 1.54. The molecule has 0 amide bonds. The number of carbonyl (C=O) groups is 1. The summed E-state index contributed by atoms with van der Waals surface area (Å²) in [5.74, 6) is 0.588. The number of esters is 1. The Labute approximate surface area is 150 Å². The molecule has 4 atom stereocenters. The molecule has 3 nitrogen and oxygen atoms in total. The minimum Gasteiger partial charge on any atom is -0.455 e. The van der Waals surface area contributed by atoms with Gasteiger partial charge in [-0.2, -0.15) is 0 Å². The lowest BCUT2D eigenvalue weighted by Gasteiger charge is -2.36. The van der Waals surface area contributed by atoms with E-state index >= 15 is 0 Å². The van der Waals surface area contributed by atoms with E-state index in [0.717, 1.165) is 44.1 Å². The molecule has 1 aromatic rings. The van der Waals surface area contributed by atoms with E-state index in [1.165, 1.54) is 6.42 Å². The summed E-state index contributed by atoms with van der Waals surface area (Å²) in [6.45, 7) is 2.12. The smallest absolute Gasteiger partial charge is 0.338 e. The molecule has 2 bridgehead atoms. The number of aliphatic hydroxyl groups excluding tert-OH is 1. The van der Waals surface area contributed by atoms with Crippen molar-refractivity contribution in [3.05, 3.63) is 47.5 Å². The van der Waals surface area contributed by atoms with Crippen LogP contribution in [0.5, 0.6) is 0 Å². The number of carbonyl (C=O) groups excluding carboxylic acids is 1. The van der Waals surface area contributed by atoms with Crippen LogP contribution in [-0.2, 0) is 4.74 Å². The van der Waals surface area contributed by atoms with Crippen molar-refractivity contribution in [3.8, 4) is 0 Å². The Kier molecular flexibility index (Phi) is 4.45. The summed E-state index contributed by atoms with van der Waals surface area (Å²) in [6.07, 6.45) is 11.4. The van der Waals surface area contributed by atoms with Crippen LogP contribution in [0.1, 0.15) is 73.7 Å². The third kappa shape index (κ3) is 3.03. The van der Waals surface area contributed by atoms with Crippen molar-refractivity contribution >= 4 is 5.97 Å². The van der Waals surface area contributed by atoms with Gasteiger partial charge < -0.3 is 9.84 Å². The molecule has 0 radical (unpaired) electrons. The first-order valence-corrected chi connectivity index (χ1v) is 9.81. The predicted octanol–water partition coefficient (Wildman–Crippen LogP) is 4.61. The molecule has 4 rings (SSSR count). The molecule has 2 fully saturated rings. The van der Waals surface area contributed by atoms with Crippen LogP contribution in [-0.4, -0.2) is 22.8 Å². The highest BCUT2D eigenvalue weighted by atomic mass is 16.6. The van der Waals surface area contributed by atoms with Crippen molar-refractivity contribution in [1.29, 1.82) is 0 Å². The number of rotatable bonds is 4. The van der Waals surface area contributed by atoms with Gasteiger partial charge >= 0.3 is 5.97 Å². The lowest BCUT2D eigenvalue weighted by Crippen LogP contribution is -2.36. The molecule has 0 spiro atoms. The van der Waals surface area contributed by atoms with E-state index in [9.17, 15) is 9.90 Å². The Morgan fingerprint density at radius 1 is 1.24 bits per heavy atom. The molecule has 0 saturated heterocycles. The van der Waals surface area contributed by atoms with Gasteiger partial charge in [-0.25, -0.2) is 4.79 Å². The average Bonchev–Trinajstić information content (AvgIpc) is 3.17. The van der Waals surface area contributed by atoms with E-state index in [1.54, 1.807) is 0 Å². The van der Waals surface area contributed by atoms with Gasteiger partial charge in [-0.3, -0.25) is 0 Å². The summed E-state index contributed by atoms with van der Waals surface area (Å²) in [7, 11) is 0. The van der Waals surface area contributed by atoms with Crippen molar-refractivity contribution < 1.29 is 14.6 Å². The van der Waals surface area contributed by atoms with E-state index < -0.39 is 0 Å². The number of hydrogen-bond acceptors (Lipinski definition) is 3. The van der Waals surface area contributed by atoms with Gasteiger partial charge in [0.05, 0.1) is 11.7 Å². The van der Waals surface area contributed by atoms with Gasteiger partial charge in [-0.15, -0.1) is 0 Å². The first kappa shape index (κ1) is 16.8. The van der Waals surface area contributed by atoms with E-state index in [0.29, 0.717) is 11.5 Å². The van der Waals surface area contributed by atoms with Crippen LogP contribution in [0.25, 0.3) is 0 Å². The summed E-state index contributed by atoms with van der Waals surface area (Å²) in [4.78, 5) is 12.8. The van der Waals surface area contributed by atoms with E-state index in [2.05, 4.69) is 25.1 Å². The van der Waals surface area contributed by atoms with Crippen molar-refractivity contribution in [2.45, 2.75) is 69.5 Å². The van der Waals surface area contributed by atoms with Crippen LogP contribution < -0.4 is 0 Å². The molecule has 0 heterocycles. The fourth-order valence-electron chi connectivity index (χ4n) is 5.06. The van der Waals surface area contributed by atoms with Gasteiger partial charge in [-0.1, -0.05) is 37.6 Å². The Hall–Kier alpha value is -1.61. The molecule has 0 aromatic heterocycles. The molecule has 2 saturated carbocycles. The summed E-state index contributed by atoms with van der Waals surface area (Å²) < 4.78 is 6.01. The second kappa shape index (κ2) is 6.60. The van der Waals surface area contributed by atoms with Gasteiger partial charge in [0.25, 0.3) is 0 Å². The SMILES string of the molecule is CCC1(OC(=O)c2cccc(C3CC4C=CC3C4O)c2)CCCCC1. The minimum atomic E-state index is -0.267. The number of fused-ring (bicyclic) bond motifs is 2. The maximum Gasteiger partial charge on any atom is 0.338 e. The van der Waals surface area contributed by atoms with Crippen molar-refractivity contribution in [2.75, 3.05) is 0 Å². The van der Waals surface area contributed by atoms with Crippen LogP contribution in [0.15, 0.2) is 36.4 Å². The molecular weight excluding hydrogens is 312 g/mol. The third-order valence-corrected chi connectivity index (χ3v) is 6.67. The number of benzene rings is 1. The first-order chi connectivity index (χ1) is 12.1. The molecule has 3 aliphatic rings. The summed E-state index contributed by atoms with van der Waals surface area (Å²) in [5, 5.41) is 10.3.